The van der Waals surface area contributed by atoms with Crippen molar-refractivity contribution in [1.29, 1.82) is 0 Å². The highest BCUT2D eigenvalue weighted by Crippen LogP contribution is 2.33. The summed E-state index contributed by atoms with van der Waals surface area (Å²) >= 11 is 0. The first-order chi connectivity index (χ1) is 14.3. The van der Waals surface area contributed by atoms with Gasteiger partial charge in [0.2, 0.25) is 11.2 Å². The second-order valence-corrected chi connectivity index (χ2v) is 8.69. The summed E-state index contributed by atoms with van der Waals surface area (Å²) in [5.74, 6) is 0.716. The van der Waals surface area contributed by atoms with Crippen LogP contribution in [0.3, 0.4) is 0 Å². The number of aryl methyl sites for hydroxylation is 1. The van der Waals surface area contributed by atoms with Crippen molar-refractivity contribution >= 4 is 11.0 Å². The van der Waals surface area contributed by atoms with Crippen LogP contribution in [-0.4, -0.2) is 0 Å². The van der Waals surface area contributed by atoms with Gasteiger partial charge < -0.3 is 9.15 Å². The molecule has 3 aromatic carbocycles. The Balaban J connectivity index is 1.84. The molecule has 0 aliphatic heterocycles. The van der Waals surface area contributed by atoms with E-state index >= 15 is 0 Å². The average molecular weight is 399 g/mol. The van der Waals surface area contributed by atoms with Crippen molar-refractivity contribution < 1.29 is 9.15 Å². The molecule has 3 heteroatoms. The number of hydrogen-bond donors (Lipinski definition) is 0. The third-order valence-electron chi connectivity index (χ3n) is 5.24. The van der Waals surface area contributed by atoms with Crippen molar-refractivity contribution in [3.8, 4) is 17.1 Å². The van der Waals surface area contributed by atoms with Gasteiger partial charge in [-0.3, -0.25) is 4.79 Å². The van der Waals surface area contributed by atoms with Crippen LogP contribution in [0.1, 0.15) is 37.5 Å². The molecule has 0 radical (unpaired) electrons. The van der Waals surface area contributed by atoms with Gasteiger partial charge in [0, 0.05) is 5.56 Å². The lowest BCUT2D eigenvalue weighted by molar-refractivity contribution is 0.298. The van der Waals surface area contributed by atoms with Gasteiger partial charge in [-0.25, -0.2) is 0 Å². The molecule has 4 aromatic rings. The molecule has 1 heterocycles. The van der Waals surface area contributed by atoms with Gasteiger partial charge in [0.1, 0.15) is 12.2 Å². The minimum absolute atomic E-state index is 0.0485. The van der Waals surface area contributed by atoms with E-state index < -0.39 is 0 Å². The first kappa shape index (κ1) is 20.0. The molecule has 0 aliphatic carbocycles. The summed E-state index contributed by atoms with van der Waals surface area (Å²) in [6.45, 7) is 8.79. The molecule has 0 spiro atoms. The highest BCUT2D eigenvalue weighted by molar-refractivity contribution is 5.82. The van der Waals surface area contributed by atoms with E-state index in [0.29, 0.717) is 23.3 Å². The standard InChI is InChI=1S/C27H26O3/c1-18-10-15-23-22(16-18)24(28)26(29-17-19-8-6-5-7-9-19)25(30-23)20-11-13-21(14-12-20)27(2,3)4/h5-16H,17H2,1-4H3. The molecule has 0 atom stereocenters. The van der Waals surface area contributed by atoms with E-state index in [1.54, 1.807) is 0 Å². The first-order valence-electron chi connectivity index (χ1n) is 10.2. The lowest BCUT2D eigenvalue weighted by Gasteiger charge is -2.19. The van der Waals surface area contributed by atoms with Gasteiger partial charge in [-0.05, 0) is 35.6 Å². The third-order valence-corrected chi connectivity index (χ3v) is 5.24. The minimum atomic E-state index is -0.147. The molecule has 0 bridgehead atoms. The Hall–Kier alpha value is -3.33. The Morgan fingerprint density at radius 2 is 1.60 bits per heavy atom. The first-order valence-corrected chi connectivity index (χ1v) is 10.2. The Labute approximate surface area is 176 Å². The summed E-state index contributed by atoms with van der Waals surface area (Å²) in [5, 5.41) is 0.535. The van der Waals surface area contributed by atoms with Crippen LogP contribution in [0, 0.1) is 6.92 Å². The highest BCUT2D eigenvalue weighted by Gasteiger charge is 2.19. The Bertz CT molecular complexity index is 1230. The zero-order valence-corrected chi connectivity index (χ0v) is 17.9. The second kappa shape index (κ2) is 7.83. The monoisotopic (exact) mass is 398 g/mol. The van der Waals surface area contributed by atoms with Crippen LogP contribution in [0.15, 0.2) is 82.0 Å². The molecular weight excluding hydrogens is 372 g/mol. The third kappa shape index (κ3) is 4.02. The van der Waals surface area contributed by atoms with Crippen LogP contribution >= 0.6 is 0 Å². The molecule has 0 saturated carbocycles. The summed E-state index contributed by atoms with van der Waals surface area (Å²) in [6, 6.07) is 23.6. The maximum atomic E-state index is 13.3. The highest BCUT2D eigenvalue weighted by atomic mass is 16.5. The van der Waals surface area contributed by atoms with E-state index in [2.05, 4.69) is 32.9 Å². The minimum Gasteiger partial charge on any atom is -0.481 e. The molecule has 0 saturated heterocycles. The molecule has 0 amide bonds. The average Bonchev–Trinajstić information content (AvgIpc) is 2.73. The van der Waals surface area contributed by atoms with Crippen LogP contribution in [0.5, 0.6) is 5.75 Å². The number of benzene rings is 3. The topological polar surface area (TPSA) is 39.4 Å². The van der Waals surface area contributed by atoms with Gasteiger partial charge in [-0.1, -0.05) is 87.0 Å². The fourth-order valence-electron chi connectivity index (χ4n) is 3.46. The molecule has 0 unspecified atom stereocenters. The summed E-state index contributed by atoms with van der Waals surface area (Å²) < 4.78 is 12.3. The van der Waals surface area contributed by atoms with Crippen LogP contribution < -0.4 is 10.2 Å². The van der Waals surface area contributed by atoms with Crippen molar-refractivity contribution in [1.82, 2.24) is 0 Å². The lowest BCUT2D eigenvalue weighted by Crippen LogP contribution is -2.11. The van der Waals surface area contributed by atoms with Crippen molar-refractivity contribution in [2.24, 2.45) is 0 Å². The fourth-order valence-corrected chi connectivity index (χ4v) is 3.46. The Morgan fingerprint density at radius 3 is 2.27 bits per heavy atom. The van der Waals surface area contributed by atoms with Crippen LogP contribution in [0.2, 0.25) is 0 Å². The van der Waals surface area contributed by atoms with Crippen molar-refractivity contribution in [3.63, 3.8) is 0 Å². The maximum absolute atomic E-state index is 13.3. The molecule has 4 rings (SSSR count). The zero-order valence-electron chi connectivity index (χ0n) is 17.9. The van der Waals surface area contributed by atoms with E-state index in [9.17, 15) is 4.79 Å². The van der Waals surface area contributed by atoms with Crippen molar-refractivity contribution in [3.05, 3.63) is 99.7 Å². The number of hydrogen-bond acceptors (Lipinski definition) is 3. The zero-order chi connectivity index (χ0) is 21.3. The maximum Gasteiger partial charge on any atom is 0.235 e. The lowest BCUT2D eigenvalue weighted by atomic mass is 9.86. The van der Waals surface area contributed by atoms with Crippen LogP contribution in [-0.2, 0) is 12.0 Å². The summed E-state index contributed by atoms with van der Waals surface area (Å²) in [7, 11) is 0. The molecule has 0 fully saturated rings. The van der Waals surface area contributed by atoms with Crippen LogP contribution in [0.25, 0.3) is 22.3 Å². The van der Waals surface area contributed by atoms with Crippen molar-refractivity contribution in [2.45, 2.75) is 39.7 Å². The predicted molar refractivity (Wildman–Crippen MR) is 122 cm³/mol. The van der Waals surface area contributed by atoms with Crippen LogP contribution in [0.4, 0.5) is 0 Å². The molecular formula is C27H26O3. The normalized spacial score (nSPS) is 11.6. The fraction of sp³-hybridized carbons (Fsp3) is 0.222. The van der Waals surface area contributed by atoms with Gasteiger partial charge in [-0.2, -0.15) is 0 Å². The number of ether oxygens (including phenoxy) is 1. The van der Waals surface area contributed by atoms with Gasteiger partial charge in [0.25, 0.3) is 0 Å². The summed E-state index contributed by atoms with van der Waals surface area (Å²) in [4.78, 5) is 13.3. The molecule has 152 valence electrons. The summed E-state index contributed by atoms with van der Waals surface area (Å²) in [5.41, 5.74) is 4.51. The van der Waals surface area contributed by atoms with E-state index in [1.807, 2.05) is 67.6 Å². The van der Waals surface area contributed by atoms with Gasteiger partial charge in [0.15, 0.2) is 5.76 Å². The van der Waals surface area contributed by atoms with E-state index in [1.165, 1.54) is 5.56 Å². The van der Waals surface area contributed by atoms with E-state index in [-0.39, 0.29) is 16.6 Å². The van der Waals surface area contributed by atoms with Gasteiger partial charge >= 0.3 is 0 Å². The van der Waals surface area contributed by atoms with Gasteiger partial charge in [0.05, 0.1) is 5.39 Å². The largest absolute Gasteiger partial charge is 0.481 e. The van der Waals surface area contributed by atoms with Gasteiger partial charge in [-0.15, -0.1) is 0 Å². The van der Waals surface area contributed by atoms with E-state index in [4.69, 9.17) is 9.15 Å². The molecule has 0 N–H and O–H groups in total. The second-order valence-electron chi connectivity index (χ2n) is 8.69. The number of fused-ring (bicyclic) bond motifs is 1. The quantitative estimate of drug-likeness (QED) is 0.386. The molecule has 1 aromatic heterocycles. The number of rotatable bonds is 4. The predicted octanol–water partition coefficient (Wildman–Crippen LogP) is 6.64. The molecule has 30 heavy (non-hydrogen) atoms. The Kier molecular flexibility index (Phi) is 5.21. The Morgan fingerprint density at radius 1 is 0.900 bits per heavy atom. The SMILES string of the molecule is Cc1ccc2oc(-c3ccc(C(C)(C)C)cc3)c(OCc3ccccc3)c(=O)c2c1. The van der Waals surface area contributed by atoms with Crippen molar-refractivity contribution in [2.75, 3.05) is 0 Å². The smallest absolute Gasteiger partial charge is 0.235 e. The molecule has 0 aliphatic rings. The van der Waals surface area contributed by atoms with E-state index in [0.717, 1.165) is 16.7 Å². The molecule has 3 nitrogen and oxygen atoms in total. The summed E-state index contributed by atoms with van der Waals surface area (Å²) in [6.07, 6.45) is 0.